The molecule has 1 saturated heterocycles. The second-order valence-corrected chi connectivity index (χ2v) is 5.59. The summed E-state index contributed by atoms with van der Waals surface area (Å²) in [6, 6.07) is 7.27. The van der Waals surface area contributed by atoms with Crippen LogP contribution in [0.4, 0.5) is 0 Å². The molecule has 0 saturated carbocycles. The molecule has 1 aromatic heterocycles. The number of hydrogen-bond donors (Lipinski definition) is 1. The lowest BCUT2D eigenvalue weighted by Gasteiger charge is -2.15. The average molecular weight is 316 g/mol. The first-order valence-corrected chi connectivity index (χ1v) is 7.72. The fourth-order valence-electron chi connectivity index (χ4n) is 2.89. The molecule has 0 atom stereocenters. The van der Waals surface area contributed by atoms with Crippen LogP contribution in [0.3, 0.4) is 0 Å². The van der Waals surface area contributed by atoms with Gasteiger partial charge in [-0.1, -0.05) is 5.21 Å². The third kappa shape index (κ3) is 3.34. The van der Waals surface area contributed by atoms with Gasteiger partial charge >= 0.3 is 5.97 Å². The minimum atomic E-state index is -1.07. The molecule has 1 aliphatic rings. The zero-order chi connectivity index (χ0) is 16.2. The van der Waals surface area contributed by atoms with Gasteiger partial charge in [-0.25, -0.2) is 9.48 Å². The van der Waals surface area contributed by atoms with Crippen LogP contribution in [-0.4, -0.2) is 57.7 Å². The standard InChI is InChI=1S/C16H20N4O3/c1-23-13-6-4-12(5-7-13)15-14(16(21)22)17-18-20(15)11-10-19-8-2-3-9-19/h4-7H,2-3,8-11H2,1H3,(H,21,22). The summed E-state index contributed by atoms with van der Waals surface area (Å²) in [6.45, 7) is 3.67. The van der Waals surface area contributed by atoms with Crippen LogP contribution in [0.2, 0.25) is 0 Å². The van der Waals surface area contributed by atoms with Gasteiger partial charge in [0.25, 0.3) is 0 Å². The molecule has 23 heavy (non-hydrogen) atoms. The predicted molar refractivity (Wildman–Crippen MR) is 84.6 cm³/mol. The number of carboxylic acids is 1. The number of methoxy groups -OCH3 is 1. The summed E-state index contributed by atoms with van der Waals surface area (Å²) in [5.74, 6) is -0.343. The van der Waals surface area contributed by atoms with Gasteiger partial charge in [-0.15, -0.1) is 5.10 Å². The monoisotopic (exact) mass is 316 g/mol. The first-order valence-electron chi connectivity index (χ1n) is 7.72. The maximum Gasteiger partial charge on any atom is 0.358 e. The van der Waals surface area contributed by atoms with E-state index in [1.54, 1.807) is 23.9 Å². The number of likely N-dealkylation sites (tertiary alicyclic amines) is 1. The van der Waals surface area contributed by atoms with Crippen LogP contribution in [0.1, 0.15) is 23.3 Å². The minimum absolute atomic E-state index is 0.0170. The minimum Gasteiger partial charge on any atom is -0.497 e. The van der Waals surface area contributed by atoms with E-state index >= 15 is 0 Å². The summed E-state index contributed by atoms with van der Waals surface area (Å²) in [7, 11) is 1.60. The Bertz CT molecular complexity index is 675. The molecule has 1 aromatic carbocycles. The molecule has 1 aliphatic heterocycles. The lowest BCUT2D eigenvalue weighted by Crippen LogP contribution is -2.24. The summed E-state index contributed by atoms with van der Waals surface area (Å²) in [5.41, 5.74) is 1.30. The SMILES string of the molecule is COc1ccc(-c2c(C(=O)O)nnn2CCN2CCCC2)cc1. The Morgan fingerprint density at radius 3 is 2.52 bits per heavy atom. The number of hydrogen-bond acceptors (Lipinski definition) is 5. The third-order valence-electron chi connectivity index (χ3n) is 4.13. The Hall–Kier alpha value is -2.41. The molecule has 1 fully saturated rings. The number of carbonyl (C=O) groups is 1. The molecular weight excluding hydrogens is 296 g/mol. The van der Waals surface area contributed by atoms with Gasteiger partial charge in [0.15, 0.2) is 5.69 Å². The highest BCUT2D eigenvalue weighted by Gasteiger charge is 2.21. The number of ether oxygens (including phenoxy) is 1. The van der Waals surface area contributed by atoms with Gasteiger partial charge in [-0.3, -0.25) is 0 Å². The largest absolute Gasteiger partial charge is 0.497 e. The van der Waals surface area contributed by atoms with E-state index < -0.39 is 5.97 Å². The van der Waals surface area contributed by atoms with E-state index in [9.17, 15) is 9.90 Å². The van der Waals surface area contributed by atoms with Crippen LogP contribution < -0.4 is 4.74 Å². The Kier molecular flexibility index (Phi) is 4.57. The van der Waals surface area contributed by atoms with Crippen molar-refractivity contribution in [3.63, 3.8) is 0 Å². The van der Waals surface area contributed by atoms with E-state index in [2.05, 4.69) is 15.2 Å². The molecule has 0 spiro atoms. The van der Waals surface area contributed by atoms with E-state index in [1.807, 2.05) is 12.1 Å². The van der Waals surface area contributed by atoms with E-state index in [1.165, 1.54) is 12.8 Å². The number of aromatic carboxylic acids is 1. The normalized spacial score (nSPS) is 15.0. The van der Waals surface area contributed by atoms with E-state index in [0.29, 0.717) is 12.2 Å². The molecule has 7 heteroatoms. The molecule has 2 aromatic rings. The topological polar surface area (TPSA) is 80.5 Å². The highest BCUT2D eigenvalue weighted by molar-refractivity contribution is 5.92. The van der Waals surface area contributed by atoms with Crippen LogP contribution >= 0.6 is 0 Å². The van der Waals surface area contributed by atoms with Gasteiger partial charge < -0.3 is 14.7 Å². The van der Waals surface area contributed by atoms with Crippen LogP contribution in [-0.2, 0) is 6.54 Å². The van der Waals surface area contributed by atoms with Crippen molar-refractivity contribution in [2.45, 2.75) is 19.4 Å². The van der Waals surface area contributed by atoms with Crippen LogP contribution in [0.25, 0.3) is 11.3 Å². The van der Waals surface area contributed by atoms with Crippen molar-refractivity contribution in [3.05, 3.63) is 30.0 Å². The van der Waals surface area contributed by atoms with Gasteiger partial charge in [0, 0.05) is 12.1 Å². The van der Waals surface area contributed by atoms with Crippen molar-refractivity contribution < 1.29 is 14.6 Å². The van der Waals surface area contributed by atoms with Gasteiger partial charge in [0.2, 0.25) is 0 Å². The lowest BCUT2D eigenvalue weighted by atomic mass is 10.1. The first kappa shape index (κ1) is 15.5. The van der Waals surface area contributed by atoms with E-state index in [4.69, 9.17) is 4.74 Å². The second kappa shape index (κ2) is 6.78. The number of benzene rings is 1. The average Bonchev–Trinajstić information content (AvgIpc) is 3.22. The van der Waals surface area contributed by atoms with Gasteiger partial charge in [0.1, 0.15) is 11.4 Å². The van der Waals surface area contributed by atoms with Crippen molar-refractivity contribution in [1.29, 1.82) is 0 Å². The summed E-state index contributed by atoms with van der Waals surface area (Å²) in [5, 5.41) is 17.3. The van der Waals surface area contributed by atoms with Crippen molar-refractivity contribution in [2.24, 2.45) is 0 Å². The number of carboxylic acid groups (broad SMARTS) is 1. The summed E-state index contributed by atoms with van der Waals surface area (Å²) >= 11 is 0. The maximum atomic E-state index is 11.4. The summed E-state index contributed by atoms with van der Waals surface area (Å²) < 4.78 is 6.83. The Morgan fingerprint density at radius 2 is 1.91 bits per heavy atom. The van der Waals surface area contributed by atoms with Crippen LogP contribution in [0.15, 0.2) is 24.3 Å². The molecule has 0 aliphatic carbocycles. The second-order valence-electron chi connectivity index (χ2n) is 5.59. The highest BCUT2D eigenvalue weighted by atomic mass is 16.5. The quantitative estimate of drug-likeness (QED) is 0.874. The fourth-order valence-corrected chi connectivity index (χ4v) is 2.89. The van der Waals surface area contributed by atoms with Crippen LogP contribution in [0, 0.1) is 0 Å². The molecular formula is C16H20N4O3. The van der Waals surface area contributed by atoms with Crippen molar-refractivity contribution in [3.8, 4) is 17.0 Å². The Labute approximate surface area is 134 Å². The molecule has 0 amide bonds. The lowest BCUT2D eigenvalue weighted by molar-refractivity contribution is 0.0691. The Balaban J connectivity index is 1.88. The van der Waals surface area contributed by atoms with Crippen molar-refractivity contribution in [1.82, 2.24) is 19.9 Å². The molecule has 122 valence electrons. The van der Waals surface area contributed by atoms with Gasteiger partial charge in [-0.05, 0) is 50.2 Å². The van der Waals surface area contributed by atoms with Crippen molar-refractivity contribution >= 4 is 5.97 Å². The molecule has 0 radical (unpaired) electrons. The number of rotatable bonds is 6. The number of nitrogens with zero attached hydrogens (tertiary/aromatic N) is 4. The van der Waals surface area contributed by atoms with Crippen molar-refractivity contribution in [2.75, 3.05) is 26.7 Å². The van der Waals surface area contributed by atoms with Gasteiger partial charge in [0.05, 0.1) is 13.7 Å². The third-order valence-corrected chi connectivity index (χ3v) is 4.13. The Morgan fingerprint density at radius 1 is 1.22 bits per heavy atom. The predicted octanol–water partition coefficient (Wildman–Crippen LogP) is 1.75. The van der Waals surface area contributed by atoms with Crippen LogP contribution in [0.5, 0.6) is 5.75 Å². The highest BCUT2D eigenvalue weighted by Crippen LogP contribution is 2.25. The molecule has 3 rings (SSSR count). The number of aromatic nitrogens is 3. The molecule has 2 heterocycles. The first-order chi connectivity index (χ1) is 11.2. The van der Waals surface area contributed by atoms with E-state index in [-0.39, 0.29) is 5.69 Å². The summed E-state index contributed by atoms with van der Waals surface area (Å²) in [4.78, 5) is 13.8. The zero-order valence-corrected chi connectivity index (χ0v) is 13.1. The van der Waals surface area contributed by atoms with Gasteiger partial charge in [-0.2, -0.15) is 0 Å². The molecule has 0 unspecified atom stereocenters. The zero-order valence-electron chi connectivity index (χ0n) is 13.1. The molecule has 1 N–H and O–H groups in total. The maximum absolute atomic E-state index is 11.4. The van der Waals surface area contributed by atoms with E-state index in [0.717, 1.165) is 30.9 Å². The molecule has 0 bridgehead atoms. The fraction of sp³-hybridized carbons (Fsp3) is 0.438. The molecule has 7 nitrogen and oxygen atoms in total. The summed E-state index contributed by atoms with van der Waals surface area (Å²) in [6.07, 6.45) is 2.45. The smallest absolute Gasteiger partial charge is 0.358 e.